The van der Waals surface area contributed by atoms with Crippen molar-refractivity contribution in [2.45, 2.75) is 44.8 Å². The number of nitriles is 1. The molecule has 0 saturated carbocycles. The molecular weight excluding hydrogens is 214 g/mol. The highest BCUT2D eigenvalue weighted by molar-refractivity contribution is 5.38. The number of rotatable bonds is 3. The Morgan fingerprint density at radius 2 is 2.41 bits per heavy atom. The zero-order chi connectivity index (χ0) is 12.3. The smallest absolute Gasteiger partial charge is 0.184 e. The van der Waals surface area contributed by atoms with Gasteiger partial charge in [-0.15, -0.1) is 0 Å². The van der Waals surface area contributed by atoms with E-state index in [2.05, 4.69) is 6.07 Å². The van der Waals surface area contributed by atoms with Crippen molar-refractivity contribution in [1.82, 2.24) is 0 Å². The molecule has 0 bridgehead atoms. The Labute approximate surface area is 102 Å². The summed E-state index contributed by atoms with van der Waals surface area (Å²) in [7, 11) is 0. The maximum atomic E-state index is 9.83. The fourth-order valence-corrected chi connectivity index (χ4v) is 2.20. The minimum absolute atomic E-state index is 0.342. The number of nitrogens with zero attached hydrogens (tertiary/aromatic N) is 1. The van der Waals surface area contributed by atoms with Gasteiger partial charge in [-0.25, -0.2) is 0 Å². The molecule has 0 spiro atoms. The molecule has 2 unspecified atom stereocenters. The minimum atomic E-state index is -0.387. The highest BCUT2D eigenvalue weighted by atomic mass is 16.5. The summed E-state index contributed by atoms with van der Waals surface area (Å²) in [5.41, 5.74) is 2.16. The van der Waals surface area contributed by atoms with Gasteiger partial charge < -0.3 is 9.84 Å². The Morgan fingerprint density at radius 3 is 3.12 bits per heavy atom. The molecule has 1 aliphatic rings. The summed E-state index contributed by atoms with van der Waals surface area (Å²) in [5, 5.41) is 18.7. The van der Waals surface area contributed by atoms with Crippen LogP contribution >= 0.6 is 0 Å². The topological polar surface area (TPSA) is 53.2 Å². The number of benzene rings is 1. The maximum Gasteiger partial charge on any atom is 0.184 e. The monoisotopic (exact) mass is 231 g/mol. The van der Waals surface area contributed by atoms with Crippen LogP contribution in [0.5, 0.6) is 5.75 Å². The van der Waals surface area contributed by atoms with Gasteiger partial charge in [0.15, 0.2) is 6.10 Å². The second kappa shape index (κ2) is 5.20. The predicted octanol–water partition coefficient (Wildman–Crippen LogP) is 2.74. The second-order valence-electron chi connectivity index (χ2n) is 4.41. The van der Waals surface area contributed by atoms with E-state index in [0.717, 1.165) is 36.1 Å². The molecule has 0 saturated heterocycles. The lowest BCUT2D eigenvalue weighted by Crippen LogP contribution is -2.14. The van der Waals surface area contributed by atoms with E-state index in [9.17, 15) is 5.11 Å². The summed E-state index contributed by atoms with van der Waals surface area (Å²) in [6.45, 7) is 1.93. The van der Waals surface area contributed by atoms with Crippen LogP contribution in [0.4, 0.5) is 0 Å². The van der Waals surface area contributed by atoms with Crippen LogP contribution in [0.1, 0.15) is 43.4 Å². The molecule has 3 nitrogen and oxygen atoms in total. The third-order valence-electron chi connectivity index (χ3n) is 3.19. The third kappa shape index (κ3) is 2.59. The first-order chi connectivity index (χ1) is 8.24. The van der Waals surface area contributed by atoms with Crippen LogP contribution < -0.4 is 4.74 Å². The first-order valence-electron chi connectivity index (χ1n) is 6.11. The summed E-state index contributed by atoms with van der Waals surface area (Å²) in [6, 6.07) is 7.83. The molecule has 0 radical (unpaired) electrons. The number of aryl methyl sites for hydroxylation is 1. The molecule has 17 heavy (non-hydrogen) atoms. The fraction of sp³-hybridized carbons (Fsp3) is 0.500. The molecule has 2 atom stereocenters. The number of fused-ring (bicyclic) bond motifs is 1. The van der Waals surface area contributed by atoms with Gasteiger partial charge in [-0.05, 0) is 48.9 Å². The molecule has 1 aromatic carbocycles. The Kier molecular flexibility index (Phi) is 3.65. The Bertz CT molecular complexity index is 436. The standard InChI is InChI=1S/C14H17NO2/c1-2-11(9-15)17-12-6-7-13-10(8-12)4-3-5-14(13)16/h6-8,11,14,16H,2-5H2,1H3. The predicted molar refractivity (Wildman–Crippen MR) is 64.7 cm³/mol. The van der Waals surface area contributed by atoms with Crippen LogP contribution in [0.25, 0.3) is 0 Å². The van der Waals surface area contributed by atoms with Gasteiger partial charge in [0.2, 0.25) is 0 Å². The molecule has 1 aromatic rings. The number of aliphatic hydroxyl groups is 1. The molecule has 1 N–H and O–H groups in total. The summed E-state index contributed by atoms with van der Waals surface area (Å²) in [4.78, 5) is 0. The molecule has 0 heterocycles. The van der Waals surface area contributed by atoms with Gasteiger partial charge >= 0.3 is 0 Å². The molecule has 0 aliphatic heterocycles. The van der Waals surface area contributed by atoms with E-state index < -0.39 is 0 Å². The maximum absolute atomic E-state index is 9.83. The Hall–Kier alpha value is -1.53. The normalized spacial score (nSPS) is 20.2. The molecule has 3 heteroatoms. The van der Waals surface area contributed by atoms with Crippen LogP contribution in [-0.2, 0) is 6.42 Å². The number of aliphatic hydroxyl groups excluding tert-OH is 1. The van der Waals surface area contributed by atoms with Crippen molar-refractivity contribution in [3.05, 3.63) is 29.3 Å². The number of hydrogen-bond donors (Lipinski definition) is 1. The van der Waals surface area contributed by atoms with Crippen LogP contribution in [-0.4, -0.2) is 11.2 Å². The van der Waals surface area contributed by atoms with E-state index in [4.69, 9.17) is 10.00 Å². The Balaban J connectivity index is 2.19. The summed E-state index contributed by atoms with van der Waals surface area (Å²) >= 11 is 0. The zero-order valence-corrected chi connectivity index (χ0v) is 10.0. The van der Waals surface area contributed by atoms with Crippen molar-refractivity contribution in [1.29, 1.82) is 5.26 Å². The molecule has 0 aromatic heterocycles. The molecule has 0 fully saturated rings. The zero-order valence-electron chi connectivity index (χ0n) is 10.0. The van der Waals surface area contributed by atoms with E-state index >= 15 is 0 Å². The summed E-state index contributed by atoms with van der Waals surface area (Å²) in [6.07, 6.45) is 2.77. The van der Waals surface area contributed by atoms with Gasteiger partial charge in [0.25, 0.3) is 0 Å². The first-order valence-corrected chi connectivity index (χ1v) is 6.11. The van der Waals surface area contributed by atoms with Gasteiger partial charge in [-0.1, -0.05) is 13.0 Å². The first kappa shape index (κ1) is 11.9. The van der Waals surface area contributed by atoms with E-state index in [0.29, 0.717) is 6.42 Å². The van der Waals surface area contributed by atoms with E-state index in [1.165, 1.54) is 0 Å². The van der Waals surface area contributed by atoms with E-state index in [-0.39, 0.29) is 12.2 Å². The molecule has 90 valence electrons. The van der Waals surface area contributed by atoms with Crippen molar-refractivity contribution in [3.8, 4) is 11.8 Å². The number of ether oxygens (including phenoxy) is 1. The van der Waals surface area contributed by atoms with Crippen molar-refractivity contribution in [2.24, 2.45) is 0 Å². The summed E-state index contributed by atoms with van der Waals surface area (Å²) in [5.74, 6) is 0.728. The van der Waals surface area contributed by atoms with Crippen LogP contribution in [0, 0.1) is 11.3 Å². The second-order valence-corrected chi connectivity index (χ2v) is 4.41. The molecular formula is C14H17NO2. The highest BCUT2D eigenvalue weighted by Crippen LogP contribution is 2.32. The lowest BCUT2D eigenvalue weighted by Gasteiger charge is -2.22. The summed E-state index contributed by atoms with van der Waals surface area (Å²) < 4.78 is 5.57. The van der Waals surface area contributed by atoms with Crippen molar-refractivity contribution < 1.29 is 9.84 Å². The van der Waals surface area contributed by atoms with Gasteiger partial charge in [0.05, 0.1) is 6.10 Å². The van der Waals surface area contributed by atoms with Crippen LogP contribution in [0.15, 0.2) is 18.2 Å². The van der Waals surface area contributed by atoms with Gasteiger partial charge in [0, 0.05) is 0 Å². The quantitative estimate of drug-likeness (QED) is 0.870. The van der Waals surface area contributed by atoms with Crippen LogP contribution in [0.3, 0.4) is 0 Å². The molecule has 2 rings (SSSR count). The average Bonchev–Trinajstić information content (AvgIpc) is 2.36. The van der Waals surface area contributed by atoms with Gasteiger partial charge in [-0.2, -0.15) is 5.26 Å². The highest BCUT2D eigenvalue weighted by Gasteiger charge is 2.18. The van der Waals surface area contributed by atoms with Gasteiger partial charge in [0.1, 0.15) is 11.8 Å². The Morgan fingerprint density at radius 1 is 1.59 bits per heavy atom. The fourth-order valence-electron chi connectivity index (χ4n) is 2.20. The lowest BCUT2D eigenvalue weighted by molar-refractivity contribution is 0.156. The lowest BCUT2D eigenvalue weighted by atomic mass is 9.89. The van der Waals surface area contributed by atoms with E-state index in [1.54, 1.807) is 0 Å². The largest absolute Gasteiger partial charge is 0.476 e. The minimum Gasteiger partial charge on any atom is -0.476 e. The van der Waals surface area contributed by atoms with Crippen molar-refractivity contribution >= 4 is 0 Å². The van der Waals surface area contributed by atoms with E-state index in [1.807, 2.05) is 25.1 Å². The van der Waals surface area contributed by atoms with Gasteiger partial charge in [-0.3, -0.25) is 0 Å². The van der Waals surface area contributed by atoms with Crippen molar-refractivity contribution in [3.63, 3.8) is 0 Å². The number of hydrogen-bond acceptors (Lipinski definition) is 3. The SMILES string of the molecule is CCC(C#N)Oc1ccc2c(c1)CCCC2O. The average molecular weight is 231 g/mol. The third-order valence-corrected chi connectivity index (χ3v) is 3.19. The van der Waals surface area contributed by atoms with Crippen LogP contribution in [0.2, 0.25) is 0 Å². The van der Waals surface area contributed by atoms with Crippen molar-refractivity contribution in [2.75, 3.05) is 0 Å². The molecule has 0 amide bonds. The molecule has 1 aliphatic carbocycles.